The zero-order chi connectivity index (χ0) is 13.7. The number of ether oxygens (including phenoxy) is 1. The highest BCUT2D eigenvalue weighted by Gasteiger charge is 2.06. The van der Waals surface area contributed by atoms with E-state index in [1.165, 1.54) is 0 Å². The molecule has 1 heterocycles. The van der Waals surface area contributed by atoms with Gasteiger partial charge in [-0.25, -0.2) is 0 Å². The molecule has 0 spiro atoms. The van der Waals surface area contributed by atoms with Crippen LogP contribution in [-0.4, -0.2) is 28.6 Å². The predicted molar refractivity (Wildman–Crippen MR) is 69.8 cm³/mol. The van der Waals surface area contributed by atoms with Gasteiger partial charge in [0.05, 0.1) is 31.5 Å². The van der Waals surface area contributed by atoms with E-state index in [2.05, 4.69) is 11.2 Å². The number of methoxy groups -OCH3 is 1. The van der Waals surface area contributed by atoms with Gasteiger partial charge in [0.25, 0.3) is 0 Å². The molecule has 1 aromatic carbocycles. The molecule has 0 radical (unpaired) electrons. The van der Waals surface area contributed by atoms with Gasteiger partial charge in [0.2, 0.25) is 0 Å². The fraction of sp³-hybridized carbons (Fsp3) is 0.286. The van der Waals surface area contributed by atoms with Crippen LogP contribution in [0.2, 0.25) is 0 Å². The largest absolute Gasteiger partial charge is 0.496 e. The quantitative estimate of drug-likeness (QED) is 0.877. The molecule has 0 saturated heterocycles. The number of aliphatic hydroxyl groups is 1. The van der Waals surface area contributed by atoms with Gasteiger partial charge in [-0.3, -0.25) is 4.68 Å². The van der Waals surface area contributed by atoms with Crippen molar-refractivity contribution in [2.75, 3.05) is 13.7 Å². The molecule has 0 amide bonds. The molecule has 0 aliphatic carbocycles. The first-order valence-electron chi connectivity index (χ1n) is 5.96. The van der Waals surface area contributed by atoms with Gasteiger partial charge in [0.1, 0.15) is 5.75 Å². The van der Waals surface area contributed by atoms with Gasteiger partial charge in [0, 0.05) is 18.4 Å². The summed E-state index contributed by atoms with van der Waals surface area (Å²) >= 11 is 0. The van der Waals surface area contributed by atoms with Gasteiger partial charge in [-0.2, -0.15) is 10.4 Å². The number of benzene rings is 1. The zero-order valence-electron chi connectivity index (χ0n) is 10.7. The lowest BCUT2D eigenvalue weighted by atomic mass is 10.1. The van der Waals surface area contributed by atoms with Crippen LogP contribution in [0, 0.1) is 11.3 Å². The Hall–Kier alpha value is -2.32. The Morgan fingerprint density at radius 1 is 1.47 bits per heavy atom. The summed E-state index contributed by atoms with van der Waals surface area (Å²) in [5.41, 5.74) is 2.48. The molecule has 5 heteroatoms. The van der Waals surface area contributed by atoms with Crippen molar-refractivity contribution in [3.05, 3.63) is 47.3 Å². The summed E-state index contributed by atoms with van der Waals surface area (Å²) in [5, 5.41) is 22.0. The standard InChI is InChI=1S/C14H15N3O2/c1-19-14-3-2-11(7-15)6-13(14)10-17-9-12(4-5-18)8-16-17/h2-3,6,8-9,18H,4-5,10H2,1H3. The predicted octanol–water partition coefficient (Wildman–Crippen LogP) is 1.35. The maximum Gasteiger partial charge on any atom is 0.124 e. The van der Waals surface area contributed by atoms with Gasteiger partial charge < -0.3 is 9.84 Å². The van der Waals surface area contributed by atoms with Crippen molar-refractivity contribution in [2.24, 2.45) is 0 Å². The fourth-order valence-corrected chi connectivity index (χ4v) is 1.90. The van der Waals surface area contributed by atoms with Gasteiger partial charge in [-0.1, -0.05) is 0 Å². The summed E-state index contributed by atoms with van der Waals surface area (Å²) < 4.78 is 7.05. The summed E-state index contributed by atoms with van der Waals surface area (Å²) in [5.74, 6) is 0.734. The molecule has 0 bridgehead atoms. The molecule has 0 fully saturated rings. The highest BCUT2D eigenvalue weighted by atomic mass is 16.5. The van der Waals surface area contributed by atoms with Crippen LogP contribution in [0.5, 0.6) is 5.75 Å². The molecule has 5 nitrogen and oxygen atoms in total. The van der Waals surface area contributed by atoms with Crippen molar-refractivity contribution in [1.29, 1.82) is 5.26 Å². The monoisotopic (exact) mass is 257 g/mol. The molecule has 2 aromatic rings. The third kappa shape index (κ3) is 3.12. The van der Waals surface area contributed by atoms with Gasteiger partial charge in [-0.05, 0) is 30.2 Å². The third-order valence-corrected chi connectivity index (χ3v) is 2.83. The molecule has 0 saturated carbocycles. The minimum absolute atomic E-state index is 0.110. The topological polar surface area (TPSA) is 71.1 Å². The molecule has 0 aliphatic heterocycles. The normalized spacial score (nSPS) is 10.2. The lowest BCUT2D eigenvalue weighted by molar-refractivity contribution is 0.299. The van der Waals surface area contributed by atoms with Crippen LogP contribution in [0.1, 0.15) is 16.7 Å². The molecule has 98 valence electrons. The first-order chi connectivity index (χ1) is 9.26. The van der Waals surface area contributed by atoms with Crippen molar-refractivity contribution in [2.45, 2.75) is 13.0 Å². The number of nitrogens with zero attached hydrogens (tertiary/aromatic N) is 3. The van der Waals surface area contributed by atoms with Crippen molar-refractivity contribution in [1.82, 2.24) is 9.78 Å². The van der Waals surface area contributed by atoms with Crippen molar-refractivity contribution in [3.8, 4) is 11.8 Å². The summed E-state index contributed by atoms with van der Waals surface area (Å²) in [6, 6.07) is 7.42. The third-order valence-electron chi connectivity index (χ3n) is 2.83. The van der Waals surface area contributed by atoms with E-state index in [9.17, 15) is 0 Å². The van der Waals surface area contributed by atoms with E-state index in [4.69, 9.17) is 15.1 Å². The Bertz CT molecular complexity index is 599. The molecule has 1 aromatic heterocycles. The van der Waals surface area contributed by atoms with Gasteiger partial charge in [0.15, 0.2) is 0 Å². The first kappa shape index (κ1) is 13.1. The fourth-order valence-electron chi connectivity index (χ4n) is 1.90. The molecular weight excluding hydrogens is 242 g/mol. The van der Waals surface area contributed by atoms with Gasteiger partial charge >= 0.3 is 0 Å². The van der Waals surface area contributed by atoms with Crippen LogP contribution >= 0.6 is 0 Å². The number of aromatic nitrogens is 2. The summed E-state index contributed by atoms with van der Waals surface area (Å²) in [6.45, 7) is 0.642. The van der Waals surface area contributed by atoms with Crippen LogP contribution in [0.3, 0.4) is 0 Å². The van der Waals surface area contributed by atoms with E-state index in [0.717, 1.165) is 16.9 Å². The van der Waals surface area contributed by atoms with Crippen LogP contribution in [0.15, 0.2) is 30.6 Å². The molecule has 19 heavy (non-hydrogen) atoms. The number of rotatable bonds is 5. The minimum Gasteiger partial charge on any atom is -0.496 e. The Balaban J connectivity index is 2.23. The van der Waals surface area contributed by atoms with E-state index in [-0.39, 0.29) is 6.61 Å². The Morgan fingerprint density at radius 3 is 3.00 bits per heavy atom. The SMILES string of the molecule is COc1ccc(C#N)cc1Cn1cc(CCO)cn1. The van der Waals surface area contributed by atoms with Crippen molar-refractivity contribution in [3.63, 3.8) is 0 Å². The average molecular weight is 257 g/mol. The maximum atomic E-state index is 8.92. The molecular formula is C14H15N3O2. The van der Waals surface area contributed by atoms with E-state index >= 15 is 0 Å². The second kappa shape index (κ2) is 6.03. The summed E-state index contributed by atoms with van der Waals surface area (Å²) in [4.78, 5) is 0. The Kier molecular flexibility index (Phi) is 4.16. The van der Waals surface area contributed by atoms with Crippen molar-refractivity contribution < 1.29 is 9.84 Å². The second-order valence-corrected chi connectivity index (χ2v) is 4.16. The van der Waals surface area contributed by atoms with E-state index < -0.39 is 0 Å². The highest BCUT2D eigenvalue weighted by Crippen LogP contribution is 2.20. The molecule has 0 atom stereocenters. The van der Waals surface area contributed by atoms with Gasteiger partial charge in [-0.15, -0.1) is 0 Å². The summed E-state index contributed by atoms with van der Waals surface area (Å²) in [7, 11) is 1.60. The number of aliphatic hydroxyl groups excluding tert-OH is 1. The molecule has 0 aliphatic rings. The second-order valence-electron chi connectivity index (χ2n) is 4.16. The Morgan fingerprint density at radius 2 is 2.32 bits per heavy atom. The van der Waals surface area contributed by atoms with Crippen LogP contribution in [-0.2, 0) is 13.0 Å². The molecule has 1 N–H and O–H groups in total. The van der Waals surface area contributed by atoms with E-state index in [1.54, 1.807) is 36.2 Å². The lowest BCUT2D eigenvalue weighted by Crippen LogP contribution is -2.02. The highest BCUT2D eigenvalue weighted by molar-refractivity contribution is 5.42. The Labute approximate surface area is 111 Å². The molecule has 0 unspecified atom stereocenters. The smallest absolute Gasteiger partial charge is 0.124 e. The maximum absolute atomic E-state index is 8.92. The molecule has 2 rings (SSSR count). The van der Waals surface area contributed by atoms with E-state index in [1.807, 2.05) is 6.20 Å². The van der Waals surface area contributed by atoms with Crippen molar-refractivity contribution >= 4 is 0 Å². The van der Waals surface area contributed by atoms with E-state index in [0.29, 0.717) is 18.5 Å². The zero-order valence-corrected chi connectivity index (χ0v) is 10.7. The van der Waals surface area contributed by atoms with Crippen LogP contribution < -0.4 is 4.74 Å². The average Bonchev–Trinajstić information content (AvgIpc) is 2.86. The number of hydrogen-bond donors (Lipinski definition) is 1. The van der Waals surface area contributed by atoms with Crippen LogP contribution in [0.25, 0.3) is 0 Å². The van der Waals surface area contributed by atoms with Crippen LogP contribution in [0.4, 0.5) is 0 Å². The number of nitriles is 1. The first-order valence-corrected chi connectivity index (χ1v) is 5.96. The minimum atomic E-state index is 0.110. The lowest BCUT2D eigenvalue weighted by Gasteiger charge is -2.08. The number of hydrogen-bond acceptors (Lipinski definition) is 4. The summed E-state index contributed by atoms with van der Waals surface area (Å²) in [6.07, 6.45) is 4.21.